The Kier molecular flexibility index (Phi) is 17.7. The summed E-state index contributed by atoms with van der Waals surface area (Å²) in [6.07, 6.45) is 3.91. The Hall–Kier alpha value is -1.89. The van der Waals surface area contributed by atoms with Crippen LogP contribution in [0.2, 0.25) is 5.02 Å². The highest BCUT2D eigenvalue weighted by atomic mass is 35.5. The lowest BCUT2D eigenvalue weighted by Crippen LogP contribution is -2.11. The third-order valence-corrected chi connectivity index (χ3v) is 3.01. The minimum absolute atomic E-state index is 0.0370. The van der Waals surface area contributed by atoms with E-state index in [0.717, 1.165) is 19.6 Å². The topological polar surface area (TPSA) is 59.1 Å². The van der Waals surface area contributed by atoms with Crippen molar-refractivity contribution in [2.75, 3.05) is 41.4 Å². The van der Waals surface area contributed by atoms with Gasteiger partial charge in [-0.1, -0.05) is 23.7 Å². The molecular formula is C20H33ClN2O4. The number of ether oxygens (including phenoxy) is 2. The van der Waals surface area contributed by atoms with Crippen LogP contribution in [0, 0.1) is 0 Å². The number of benzene rings is 1. The number of nitrogens with zero attached hydrogens (tertiary/aromatic N) is 2. The molecule has 0 heterocycles. The van der Waals surface area contributed by atoms with Crippen LogP contribution in [0.25, 0.3) is 0 Å². The monoisotopic (exact) mass is 400 g/mol. The smallest absolute Gasteiger partial charge is 0.209 e. The summed E-state index contributed by atoms with van der Waals surface area (Å²) in [6.45, 7) is 7.25. The molecule has 27 heavy (non-hydrogen) atoms. The van der Waals surface area contributed by atoms with Gasteiger partial charge in [0.05, 0.1) is 5.02 Å². The van der Waals surface area contributed by atoms with Crippen LogP contribution in [0.3, 0.4) is 0 Å². The van der Waals surface area contributed by atoms with E-state index in [1.165, 1.54) is 11.0 Å². The van der Waals surface area contributed by atoms with E-state index in [4.69, 9.17) is 21.1 Å². The van der Waals surface area contributed by atoms with Gasteiger partial charge in [-0.05, 0) is 32.9 Å². The maximum Gasteiger partial charge on any atom is 0.209 e. The van der Waals surface area contributed by atoms with E-state index in [9.17, 15) is 9.59 Å². The summed E-state index contributed by atoms with van der Waals surface area (Å²) in [5, 5.41) is 0.487. The van der Waals surface area contributed by atoms with E-state index in [1.54, 1.807) is 49.5 Å². The van der Waals surface area contributed by atoms with Gasteiger partial charge in [-0.25, -0.2) is 0 Å². The highest BCUT2D eigenvalue weighted by Gasteiger charge is 2.05. The van der Waals surface area contributed by atoms with Crippen LogP contribution in [0.4, 0.5) is 0 Å². The molecule has 1 aromatic carbocycles. The number of halogens is 1. The number of allylic oxidation sites excluding steroid dienone is 1. The molecule has 0 atom stereocenters. The van der Waals surface area contributed by atoms with Crippen LogP contribution in [0.15, 0.2) is 36.5 Å². The quantitative estimate of drug-likeness (QED) is 0.288. The number of hydrogen-bond acceptors (Lipinski definition) is 5. The van der Waals surface area contributed by atoms with Gasteiger partial charge in [-0.2, -0.15) is 0 Å². The van der Waals surface area contributed by atoms with E-state index < -0.39 is 0 Å². The van der Waals surface area contributed by atoms with E-state index in [0.29, 0.717) is 10.6 Å². The first-order valence-electron chi connectivity index (χ1n) is 8.67. The van der Waals surface area contributed by atoms with Gasteiger partial charge < -0.3 is 19.3 Å². The fourth-order valence-electron chi connectivity index (χ4n) is 1.49. The van der Waals surface area contributed by atoms with Crippen LogP contribution in [0.1, 0.15) is 31.1 Å². The molecule has 0 aliphatic rings. The highest BCUT2D eigenvalue weighted by molar-refractivity contribution is 6.34. The van der Waals surface area contributed by atoms with E-state index in [1.807, 2.05) is 34.9 Å². The maximum absolute atomic E-state index is 11.6. The molecule has 6 nitrogen and oxygen atoms in total. The van der Waals surface area contributed by atoms with Gasteiger partial charge in [0, 0.05) is 59.2 Å². The average molecular weight is 401 g/mol. The molecule has 0 aromatic heterocycles. The summed E-state index contributed by atoms with van der Waals surface area (Å²) in [6, 6.07) is 7.01. The lowest BCUT2D eigenvalue weighted by atomic mass is 10.1. The van der Waals surface area contributed by atoms with Crippen molar-refractivity contribution in [2.24, 2.45) is 0 Å². The van der Waals surface area contributed by atoms with Crippen molar-refractivity contribution >= 4 is 23.8 Å². The zero-order valence-electron chi connectivity index (χ0n) is 17.4. The van der Waals surface area contributed by atoms with Gasteiger partial charge in [-0.3, -0.25) is 9.59 Å². The van der Waals surface area contributed by atoms with Gasteiger partial charge in [0.15, 0.2) is 12.1 Å². The van der Waals surface area contributed by atoms with Crippen molar-refractivity contribution < 1.29 is 19.1 Å². The second kappa shape index (κ2) is 17.5. The number of ketones is 1. The van der Waals surface area contributed by atoms with Crippen molar-refractivity contribution in [3.63, 3.8) is 0 Å². The third kappa shape index (κ3) is 17.3. The molecule has 0 saturated carbocycles. The molecule has 0 aliphatic heterocycles. The number of rotatable bonds is 8. The van der Waals surface area contributed by atoms with Crippen LogP contribution in [-0.2, 0) is 14.3 Å². The number of hydrogen-bond donors (Lipinski definition) is 0. The Labute approximate surface area is 168 Å². The zero-order valence-corrected chi connectivity index (χ0v) is 18.2. The third-order valence-electron chi connectivity index (χ3n) is 2.68. The molecule has 0 fully saturated rings. The molecule has 0 aliphatic carbocycles. The number of carbonyl (C=O) groups excluding carboxylic acids is 2. The first-order chi connectivity index (χ1) is 12.7. The predicted molar refractivity (Wildman–Crippen MR) is 111 cm³/mol. The second-order valence-electron chi connectivity index (χ2n) is 5.67. The summed E-state index contributed by atoms with van der Waals surface area (Å²) in [4.78, 5) is 24.2. The molecule has 154 valence electrons. The Morgan fingerprint density at radius 2 is 1.56 bits per heavy atom. The Morgan fingerprint density at radius 1 is 1.07 bits per heavy atom. The molecule has 0 bridgehead atoms. The molecule has 1 amide bonds. The van der Waals surface area contributed by atoms with E-state index >= 15 is 0 Å². The standard InChI is InChI=1S/C11H12ClNO.C6H14O2.C3H7NO/c1-13(2)8-7-11(14)9-5-3-4-6-10(9)12;1-4-7-6(3)8-5-2;1-4(2)3-5/h3-8H,1-2H3;6H,4-5H2,1-3H3;3H,1-2H3/b8-7+;;. The minimum atomic E-state index is -0.0794. The lowest BCUT2D eigenvalue weighted by Gasteiger charge is -2.09. The summed E-state index contributed by atoms with van der Waals surface area (Å²) in [5.41, 5.74) is 0.535. The molecule has 0 spiro atoms. The van der Waals surface area contributed by atoms with Crippen LogP contribution in [-0.4, -0.2) is 69.7 Å². The Bertz CT molecular complexity index is 543. The lowest BCUT2D eigenvalue weighted by molar-refractivity contribution is -0.123. The summed E-state index contributed by atoms with van der Waals surface area (Å²) >= 11 is 5.87. The number of amides is 1. The first kappa shape index (κ1) is 27.3. The molecule has 0 N–H and O–H groups in total. The second-order valence-corrected chi connectivity index (χ2v) is 6.08. The normalized spacial score (nSPS) is 9.81. The van der Waals surface area contributed by atoms with Gasteiger partial charge in [0.1, 0.15) is 0 Å². The summed E-state index contributed by atoms with van der Waals surface area (Å²) in [5.74, 6) is -0.0794. The first-order valence-corrected chi connectivity index (χ1v) is 9.05. The van der Waals surface area contributed by atoms with Crippen molar-refractivity contribution in [1.82, 2.24) is 9.80 Å². The van der Waals surface area contributed by atoms with Crippen LogP contribution in [0.5, 0.6) is 0 Å². The number of carbonyl (C=O) groups is 2. The Morgan fingerprint density at radius 3 is 1.93 bits per heavy atom. The molecule has 0 saturated heterocycles. The van der Waals surface area contributed by atoms with Crippen LogP contribution < -0.4 is 0 Å². The molecule has 1 aromatic rings. The summed E-state index contributed by atoms with van der Waals surface area (Å²) in [7, 11) is 7.09. The zero-order chi connectivity index (χ0) is 21.2. The largest absolute Gasteiger partial charge is 0.383 e. The van der Waals surface area contributed by atoms with Crippen molar-refractivity contribution in [2.45, 2.75) is 27.1 Å². The highest BCUT2D eigenvalue weighted by Crippen LogP contribution is 2.15. The summed E-state index contributed by atoms with van der Waals surface area (Å²) < 4.78 is 10.1. The fraction of sp³-hybridized carbons (Fsp3) is 0.500. The van der Waals surface area contributed by atoms with Crippen molar-refractivity contribution in [3.8, 4) is 0 Å². The van der Waals surface area contributed by atoms with Gasteiger partial charge >= 0.3 is 0 Å². The van der Waals surface area contributed by atoms with Gasteiger partial charge in [-0.15, -0.1) is 0 Å². The van der Waals surface area contributed by atoms with Gasteiger partial charge in [0.25, 0.3) is 0 Å². The Balaban J connectivity index is 0. The van der Waals surface area contributed by atoms with Crippen molar-refractivity contribution in [3.05, 3.63) is 47.1 Å². The molecule has 7 heteroatoms. The van der Waals surface area contributed by atoms with Gasteiger partial charge in [0.2, 0.25) is 6.41 Å². The van der Waals surface area contributed by atoms with Crippen LogP contribution >= 0.6 is 11.6 Å². The maximum atomic E-state index is 11.6. The minimum Gasteiger partial charge on any atom is -0.383 e. The molecular weight excluding hydrogens is 368 g/mol. The molecule has 0 radical (unpaired) electrons. The molecule has 1 rings (SSSR count). The fourth-order valence-corrected chi connectivity index (χ4v) is 1.71. The predicted octanol–water partition coefficient (Wildman–Crippen LogP) is 3.71. The SMILES string of the molecule is CCOC(C)OCC.CN(C)/C=C/C(=O)c1ccccc1Cl.CN(C)C=O. The molecule has 0 unspecified atom stereocenters. The van der Waals surface area contributed by atoms with Crippen molar-refractivity contribution in [1.29, 1.82) is 0 Å². The van der Waals surface area contributed by atoms with E-state index in [2.05, 4.69) is 0 Å². The average Bonchev–Trinajstić information content (AvgIpc) is 2.61. The van der Waals surface area contributed by atoms with E-state index in [-0.39, 0.29) is 12.1 Å².